The Morgan fingerprint density at radius 1 is 1.26 bits per heavy atom. The van der Waals surface area contributed by atoms with Gasteiger partial charge in [0.15, 0.2) is 0 Å². The number of methoxy groups -OCH3 is 1. The van der Waals surface area contributed by atoms with Gasteiger partial charge in [-0.15, -0.1) is 0 Å². The fraction of sp³-hybridized carbons (Fsp3) is 0.333. The van der Waals surface area contributed by atoms with Crippen LogP contribution in [-0.2, 0) is 11.2 Å². The second kappa shape index (κ2) is 7.55. The van der Waals surface area contributed by atoms with Crippen LogP contribution >= 0.6 is 0 Å². The predicted octanol–water partition coefficient (Wildman–Crippen LogP) is 2.94. The highest BCUT2D eigenvalue weighted by Crippen LogP contribution is 2.28. The van der Waals surface area contributed by atoms with E-state index in [0.717, 1.165) is 35.0 Å². The molecule has 1 aliphatic rings. The van der Waals surface area contributed by atoms with Gasteiger partial charge in [0, 0.05) is 12.2 Å². The zero-order chi connectivity index (χ0) is 19.6. The summed E-state index contributed by atoms with van der Waals surface area (Å²) in [6.45, 7) is 7.35. The van der Waals surface area contributed by atoms with E-state index in [4.69, 9.17) is 4.74 Å². The minimum atomic E-state index is -1.61. The van der Waals surface area contributed by atoms with Crippen LogP contribution in [-0.4, -0.2) is 27.6 Å². The van der Waals surface area contributed by atoms with Gasteiger partial charge in [0.25, 0.3) is 0 Å². The SMILES string of the molecule is COc1ccc2c(c1)CCNC2C(=O)Nc1ccc([Si](C)(C)C)c(C#N)c1. The van der Waals surface area contributed by atoms with Gasteiger partial charge in [-0.1, -0.05) is 31.8 Å². The van der Waals surface area contributed by atoms with Crippen molar-refractivity contribution in [1.29, 1.82) is 5.26 Å². The van der Waals surface area contributed by atoms with Gasteiger partial charge in [0.2, 0.25) is 5.91 Å². The maximum absolute atomic E-state index is 12.9. The van der Waals surface area contributed by atoms with Crippen molar-refractivity contribution in [2.75, 3.05) is 19.0 Å². The van der Waals surface area contributed by atoms with Crippen molar-refractivity contribution in [2.24, 2.45) is 0 Å². The fourth-order valence-electron chi connectivity index (χ4n) is 3.49. The highest BCUT2D eigenvalue weighted by Gasteiger charge is 2.27. The monoisotopic (exact) mass is 379 g/mol. The van der Waals surface area contributed by atoms with Crippen LogP contribution in [0.1, 0.15) is 22.7 Å². The molecule has 5 nitrogen and oxygen atoms in total. The lowest BCUT2D eigenvalue weighted by Gasteiger charge is -2.26. The average molecular weight is 380 g/mol. The van der Waals surface area contributed by atoms with E-state index < -0.39 is 14.1 Å². The Morgan fingerprint density at radius 2 is 2.04 bits per heavy atom. The highest BCUT2D eigenvalue weighted by atomic mass is 28.3. The first-order valence-electron chi connectivity index (χ1n) is 9.09. The molecule has 0 saturated carbocycles. The Hall–Kier alpha value is -2.62. The maximum atomic E-state index is 12.9. The lowest BCUT2D eigenvalue weighted by molar-refractivity contribution is -0.118. The van der Waals surface area contributed by atoms with E-state index in [1.807, 2.05) is 30.3 Å². The Kier molecular flexibility index (Phi) is 5.35. The Morgan fingerprint density at radius 3 is 2.70 bits per heavy atom. The van der Waals surface area contributed by atoms with Crippen LogP contribution in [0, 0.1) is 11.3 Å². The van der Waals surface area contributed by atoms with Gasteiger partial charge in [0.05, 0.1) is 26.8 Å². The Balaban J connectivity index is 1.84. The van der Waals surface area contributed by atoms with Gasteiger partial charge in [0.1, 0.15) is 11.8 Å². The van der Waals surface area contributed by atoms with Gasteiger partial charge >= 0.3 is 0 Å². The van der Waals surface area contributed by atoms with Gasteiger partial charge in [-0.3, -0.25) is 4.79 Å². The van der Waals surface area contributed by atoms with Crippen molar-refractivity contribution in [3.63, 3.8) is 0 Å². The highest BCUT2D eigenvalue weighted by molar-refractivity contribution is 6.89. The minimum absolute atomic E-state index is 0.120. The zero-order valence-electron chi connectivity index (χ0n) is 16.2. The molecule has 1 atom stereocenters. The smallest absolute Gasteiger partial charge is 0.246 e. The van der Waals surface area contributed by atoms with E-state index in [-0.39, 0.29) is 5.91 Å². The molecule has 0 aromatic heterocycles. The van der Waals surface area contributed by atoms with Crippen LogP contribution in [0.2, 0.25) is 19.6 Å². The molecule has 1 amide bonds. The second-order valence-corrected chi connectivity index (χ2v) is 12.9. The third kappa shape index (κ3) is 4.05. The lowest BCUT2D eigenvalue weighted by atomic mass is 9.93. The first-order chi connectivity index (χ1) is 12.8. The van der Waals surface area contributed by atoms with Crippen LogP contribution < -0.4 is 20.6 Å². The molecule has 0 aliphatic carbocycles. The largest absolute Gasteiger partial charge is 0.497 e. The van der Waals surface area contributed by atoms with E-state index in [0.29, 0.717) is 11.3 Å². The van der Waals surface area contributed by atoms with Crippen molar-refractivity contribution in [2.45, 2.75) is 32.1 Å². The number of ether oxygens (including phenoxy) is 1. The number of benzene rings is 2. The fourth-order valence-corrected chi connectivity index (χ4v) is 5.00. The van der Waals surface area contributed by atoms with Crippen LogP contribution in [0.5, 0.6) is 5.75 Å². The Bertz CT molecular complexity index is 913. The van der Waals surface area contributed by atoms with Crippen molar-refractivity contribution >= 4 is 24.9 Å². The topological polar surface area (TPSA) is 74.2 Å². The van der Waals surface area contributed by atoms with Crippen LogP contribution in [0.4, 0.5) is 5.69 Å². The summed E-state index contributed by atoms with van der Waals surface area (Å²) in [7, 11) is 0.0328. The molecule has 2 aromatic rings. The second-order valence-electron chi connectivity index (χ2n) is 7.81. The summed E-state index contributed by atoms with van der Waals surface area (Å²) in [6, 6.07) is 13.3. The molecule has 0 spiro atoms. The predicted molar refractivity (Wildman–Crippen MR) is 110 cm³/mol. The average Bonchev–Trinajstić information content (AvgIpc) is 2.65. The van der Waals surface area contributed by atoms with Crippen LogP contribution in [0.25, 0.3) is 0 Å². The third-order valence-electron chi connectivity index (χ3n) is 4.88. The summed E-state index contributed by atoms with van der Waals surface area (Å²) in [5.74, 6) is 0.682. The molecule has 0 radical (unpaired) electrons. The number of nitrogens with one attached hydrogen (secondary N) is 2. The van der Waals surface area contributed by atoms with E-state index in [1.54, 1.807) is 13.2 Å². The summed E-state index contributed by atoms with van der Waals surface area (Å²) < 4.78 is 5.29. The number of amides is 1. The summed E-state index contributed by atoms with van der Waals surface area (Å²) in [4.78, 5) is 12.9. The number of hydrogen-bond acceptors (Lipinski definition) is 4. The number of anilines is 1. The number of rotatable bonds is 4. The standard InChI is InChI=1S/C21H25N3O2Si/c1-26-17-6-7-18-14(12-17)9-10-23-20(18)21(25)24-16-5-8-19(27(2,3)4)15(11-16)13-22/h5-8,11-12,20,23H,9-10H2,1-4H3,(H,24,25). The van der Waals surface area contributed by atoms with E-state index in [1.165, 1.54) is 0 Å². The molecule has 3 rings (SSSR count). The number of hydrogen-bond donors (Lipinski definition) is 2. The first kappa shape index (κ1) is 19.1. The summed E-state index contributed by atoms with van der Waals surface area (Å²) in [5, 5.41) is 16.9. The first-order valence-corrected chi connectivity index (χ1v) is 12.6. The molecule has 0 fully saturated rings. The molecule has 2 aromatic carbocycles. The van der Waals surface area contributed by atoms with E-state index in [9.17, 15) is 10.1 Å². The van der Waals surface area contributed by atoms with Crippen molar-refractivity contribution in [3.05, 3.63) is 53.1 Å². The molecule has 1 heterocycles. The van der Waals surface area contributed by atoms with Crippen molar-refractivity contribution in [3.8, 4) is 11.8 Å². The number of nitriles is 1. The number of nitrogens with zero attached hydrogens (tertiary/aromatic N) is 1. The van der Waals surface area contributed by atoms with Gasteiger partial charge in [-0.2, -0.15) is 5.26 Å². The van der Waals surface area contributed by atoms with Crippen LogP contribution in [0.15, 0.2) is 36.4 Å². The van der Waals surface area contributed by atoms with Crippen molar-refractivity contribution in [1.82, 2.24) is 5.32 Å². The normalized spacial score (nSPS) is 16.2. The summed E-state index contributed by atoms with van der Waals surface area (Å²) in [5.41, 5.74) is 3.40. The molecule has 0 bridgehead atoms. The molecule has 140 valence electrons. The zero-order valence-corrected chi connectivity index (χ0v) is 17.2. The molecule has 27 heavy (non-hydrogen) atoms. The van der Waals surface area contributed by atoms with Gasteiger partial charge in [-0.05, 0) is 47.0 Å². The van der Waals surface area contributed by atoms with Gasteiger partial charge < -0.3 is 15.4 Å². The number of carbonyl (C=O) groups excluding carboxylic acids is 1. The quantitative estimate of drug-likeness (QED) is 0.801. The Labute approximate surface area is 161 Å². The molecular weight excluding hydrogens is 354 g/mol. The maximum Gasteiger partial charge on any atom is 0.246 e. The van der Waals surface area contributed by atoms with E-state index in [2.05, 4.69) is 36.3 Å². The third-order valence-corrected chi connectivity index (χ3v) is 6.93. The summed E-state index contributed by atoms with van der Waals surface area (Å²) in [6.07, 6.45) is 0.861. The van der Waals surface area contributed by atoms with Crippen molar-refractivity contribution < 1.29 is 9.53 Å². The number of fused-ring (bicyclic) bond motifs is 1. The molecule has 2 N–H and O–H groups in total. The van der Waals surface area contributed by atoms with Crippen LogP contribution in [0.3, 0.4) is 0 Å². The molecule has 1 unspecified atom stereocenters. The molecule has 0 saturated heterocycles. The van der Waals surface area contributed by atoms with Gasteiger partial charge in [-0.25, -0.2) is 0 Å². The summed E-state index contributed by atoms with van der Waals surface area (Å²) >= 11 is 0. The molecule has 6 heteroatoms. The molecular formula is C21H25N3O2Si. The lowest BCUT2D eigenvalue weighted by Crippen LogP contribution is -2.40. The minimum Gasteiger partial charge on any atom is -0.497 e. The molecule has 1 aliphatic heterocycles. The number of carbonyl (C=O) groups is 1. The van der Waals surface area contributed by atoms with E-state index >= 15 is 0 Å².